The second-order valence-corrected chi connectivity index (χ2v) is 5.05. The van der Waals surface area contributed by atoms with Crippen molar-refractivity contribution < 1.29 is 9.53 Å². The molecule has 1 aliphatic rings. The number of pyridine rings is 1. The second-order valence-electron chi connectivity index (χ2n) is 5.05. The average Bonchev–Trinajstić information content (AvgIpc) is 2.94. The summed E-state index contributed by atoms with van der Waals surface area (Å²) in [4.78, 5) is 16.8. The highest BCUT2D eigenvalue weighted by Gasteiger charge is 2.39. The molecule has 0 aliphatic carbocycles. The average molecular weight is 262 g/mol. The zero-order chi connectivity index (χ0) is 13.7. The molecule has 104 valence electrons. The fourth-order valence-electron chi connectivity index (χ4n) is 2.58. The van der Waals surface area contributed by atoms with Crippen LogP contribution < -0.4 is 10.1 Å². The molecular formula is C15H22N2O2. The van der Waals surface area contributed by atoms with E-state index in [0.717, 1.165) is 32.2 Å². The van der Waals surface area contributed by atoms with Gasteiger partial charge in [-0.15, -0.1) is 0 Å². The minimum atomic E-state index is -0.398. The molecule has 2 rings (SSSR count). The van der Waals surface area contributed by atoms with Gasteiger partial charge in [-0.1, -0.05) is 13.8 Å². The number of ketones is 1. The van der Waals surface area contributed by atoms with Crippen LogP contribution in [-0.4, -0.2) is 29.5 Å². The van der Waals surface area contributed by atoms with E-state index in [-0.39, 0.29) is 5.78 Å². The summed E-state index contributed by atoms with van der Waals surface area (Å²) in [5, 5.41) is 3.36. The number of carbonyl (C=O) groups is 1. The lowest BCUT2D eigenvalue weighted by atomic mass is 9.86. The molecule has 1 unspecified atom stereocenters. The monoisotopic (exact) mass is 262 g/mol. The molecule has 0 spiro atoms. The summed E-state index contributed by atoms with van der Waals surface area (Å²) < 4.78 is 5.54. The molecule has 4 heteroatoms. The Balaban J connectivity index is 2.18. The molecule has 1 atom stereocenters. The second kappa shape index (κ2) is 6.15. The van der Waals surface area contributed by atoms with Gasteiger partial charge in [0.25, 0.3) is 0 Å². The van der Waals surface area contributed by atoms with Crippen LogP contribution >= 0.6 is 0 Å². The van der Waals surface area contributed by atoms with Gasteiger partial charge in [0.15, 0.2) is 5.78 Å². The summed E-state index contributed by atoms with van der Waals surface area (Å²) in [6.07, 6.45) is 7.01. The van der Waals surface area contributed by atoms with E-state index in [1.165, 1.54) is 0 Å². The van der Waals surface area contributed by atoms with Crippen molar-refractivity contribution in [2.24, 2.45) is 0 Å². The van der Waals surface area contributed by atoms with E-state index in [0.29, 0.717) is 17.9 Å². The molecule has 0 radical (unpaired) electrons. The van der Waals surface area contributed by atoms with Crippen LogP contribution in [0.25, 0.3) is 0 Å². The number of ether oxygens (including phenoxy) is 1. The Bertz CT molecular complexity index is 440. The van der Waals surface area contributed by atoms with Crippen LogP contribution in [0.3, 0.4) is 0 Å². The molecule has 0 bridgehead atoms. The lowest BCUT2D eigenvalue weighted by Crippen LogP contribution is -2.47. The maximum absolute atomic E-state index is 12.7. The molecule has 0 aromatic carbocycles. The molecule has 1 saturated heterocycles. The first-order valence-corrected chi connectivity index (χ1v) is 7.09. The Morgan fingerprint density at radius 3 is 2.95 bits per heavy atom. The van der Waals surface area contributed by atoms with Crippen molar-refractivity contribution in [3.05, 3.63) is 24.0 Å². The van der Waals surface area contributed by atoms with Crippen molar-refractivity contribution in [2.45, 2.75) is 45.1 Å². The molecule has 0 saturated carbocycles. The van der Waals surface area contributed by atoms with Gasteiger partial charge in [0, 0.05) is 11.8 Å². The summed E-state index contributed by atoms with van der Waals surface area (Å²) in [5.74, 6) is 0.818. The summed E-state index contributed by atoms with van der Waals surface area (Å²) in [6, 6.07) is 1.81. The highest BCUT2D eigenvalue weighted by atomic mass is 16.5. The fourth-order valence-corrected chi connectivity index (χ4v) is 2.58. The number of nitrogens with zero attached hydrogens (tertiary/aromatic N) is 1. The van der Waals surface area contributed by atoms with Crippen molar-refractivity contribution in [1.82, 2.24) is 10.3 Å². The van der Waals surface area contributed by atoms with Crippen LogP contribution in [0.5, 0.6) is 5.75 Å². The third-order valence-electron chi connectivity index (χ3n) is 3.73. The van der Waals surface area contributed by atoms with E-state index < -0.39 is 5.54 Å². The van der Waals surface area contributed by atoms with Crippen molar-refractivity contribution in [3.8, 4) is 5.75 Å². The molecule has 19 heavy (non-hydrogen) atoms. The topological polar surface area (TPSA) is 51.2 Å². The Hall–Kier alpha value is -1.42. The van der Waals surface area contributed by atoms with E-state index in [1.54, 1.807) is 12.4 Å². The van der Waals surface area contributed by atoms with E-state index >= 15 is 0 Å². The predicted molar refractivity (Wildman–Crippen MR) is 74.6 cm³/mol. The van der Waals surface area contributed by atoms with Gasteiger partial charge in [-0.3, -0.25) is 9.78 Å². The van der Waals surface area contributed by atoms with Gasteiger partial charge in [0.05, 0.1) is 18.3 Å². The third-order valence-corrected chi connectivity index (χ3v) is 3.73. The Morgan fingerprint density at radius 1 is 1.47 bits per heavy atom. The summed E-state index contributed by atoms with van der Waals surface area (Å²) in [5.41, 5.74) is 0.246. The van der Waals surface area contributed by atoms with Crippen molar-refractivity contribution in [1.29, 1.82) is 0 Å². The molecule has 1 fully saturated rings. The molecule has 0 amide bonds. The third kappa shape index (κ3) is 2.95. The predicted octanol–water partition coefficient (Wildman–Crippen LogP) is 2.59. The minimum absolute atomic E-state index is 0.141. The Morgan fingerprint density at radius 2 is 2.32 bits per heavy atom. The number of hydrogen-bond donors (Lipinski definition) is 1. The van der Waals surface area contributed by atoms with Gasteiger partial charge in [0.1, 0.15) is 5.75 Å². The Labute approximate surface area is 114 Å². The molecule has 1 aromatic heterocycles. The smallest absolute Gasteiger partial charge is 0.184 e. The van der Waals surface area contributed by atoms with Crippen molar-refractivity contribution >= 4 is 5.78 Å². The zero-order valence-electron chi connectivity index (χ0n) is 11.7. The molecule has 2 heterocycles. The lowest BCUT2D eigenvalue weighted by Gasteiger charge is -2.26. The van der Waals surface area contributed by atoms with Gasteiger partial charge >= 0.3 is 0 Å². The van der Waals surface area contributed by atoms with Crippen molar-refractivity contribution in [2.75, 3.05) is 13.2 Å². The highest BCUT2D eigenvalue weighted by Crippen LogP contribution is 2.28. The summed E-state index contributed by atoms with van der Waals surface area (Å²) >= 11 is 0. The van der Waals surface area contributed by atoms with E-state index in [1.807, 2.05) is 6.07 Å². The van der Waals surface area contributed by atoms with E-state index in [9.17, 15) is 4.79 Å². The largest absolute Gasteiger partial charge is 0.492 e. The fraction of sp³-hybridized carbons (Fsp3) is 0.600. The van der Waals surface area contributed by atoms with E-state index in [2.05, 4.69) is 24.1 Å². The van der Waals surface area contributed by atoms with Crippen LogP contribution in [0.1, 0.15) is 49.9 Å². The molecular weight excluding hydrogens is 240 g/mol. The number of hydrogen-bond acceptors (Lipinski definition) is 4. The van der Waals surface area contributed by atoms with Crippen LogP contribution in [0.15, 0.2) is 18.5 Å². The number of Topliss-reactive ketones (excluding diaryl/α,β-unsaturated/α-hetero) is 1. The zero-order valence-corrected chi connectivity index (χ0v) is 11.7. The number of aromatic nitrogens is 1. The van der Waals surface area contributed by atoms with Gasteiger partial charge < -0.3 is 10.1 Å². The first kappa shape index (κ1) is 14.0. The Kier molecular flexibility index (Phi) is 4.53. The van der Waals surface area contributed by atoms with Crippen LogP contribution in [-0.2, 0) is 0 Å². The van der Waals surface area contributed by atoms with Crippen LogP contribution in [0, 0.1) is 0 Å². The highest BCUT2D eigenvalue weighted by molar-refractivity contribution is 6.03. The van der Waals surface area contributed by atoms with Crippen LogP contribution in [0.4, 0.5) is 0 Å². The number of nitrogens with one attached hydrogen (secondary N) is 1. The number of rotatable bonds is 6. The molecule has 1 aromatic rings. The van der Waals surface area contributed by atoms with Crippen molar-refractivity contribution in [3.63, 3.8) is 0 Å². The first-order chi connectivity index (χ1) is 9.22. The quantitative estimate of drug-likeness (QED) is 0.801. The number of carbonyl (C=O) groups excluding carboxylic acids is 1. The van der Waals surface area contributed by atoms with Crippen LogP contribution in [0.2, 0.25) is 0 Å². The SMILES string of the molecule is CCCOc1cncc(C(=O)C2(CC)CCCN2)c1. The summed E-state index contributed by atoms with van der Waals surface area (Å²) in [7, 11) is 0. The molecule has 1 aliphatic heterocycles. The summed E-state index contributed by atoms with van der Waals surface area (Å²) in [6.45, 7) is 5.67. The van der Waals surface area contributed by atoms with Gasteiger partial charge in [-0.05, 0) is 38.3 Å². The van der Waals surface area contributed by atoms with Gasteiger partial charge in [-0.25, -0.2) is 0 Å². The van der Waals surface area contributed by atoms with Gasteiger partial charge in [0.2, 0.25) is 0 Å². The van der Waals surface area contributed by atoms with Gasteiger partial charge in [-0.2, -0.15) is 0 Å². The standard InChI is InChI=1S/C15H22N2O2/c1-3-8-19-13-9-12(10-16-11-13)14(18)15(4-2)6-5-7-17-15/h9-11,17H,3-8H2,1-2H3. The maximum Gasteiger partial charge on any atom is 0.184 e. The maximum atomic E-state index is 12.7. The normalized spacial score (nSPS) is 22.4. The molecule has 4 nitrogen and oxygen atoms in total. The molecule has 1 N–H and O–H groups in total. The minimum Gasteiger partial charge on any atom is -0.492 e. The first-order valence-electron chi connectivity index (χ1n) is 7.09. The van der Waals surface area contributed by atoms with E-state index in [4.69, 9.17) is 4.74 Å². The lowest BCUT2D eigenvalue weighted by molar-refractivity contribution is 0.0863.